The lowest BCUT2D eigenvalue weighted by atomic mass is 10.0. The predicted molar refractivity (Wildman–Crippen MR) is 113 cm³/mol. The molecule has 148 valence electrons. The maximum absolute atomic E-state index is 11.1. The number of fused-ring (bicyclic) bond motifs is 1. The molecule has 0 saturated heterocycles. The molecular weight excluding hydrogens is 364 g/mol. The van der Waals surface area contributed by atoms with Crippen LogP contribution in [0.25, 0.3) is 11.0 Å². The van der Waals surface area contributed by atoms with Gasteiger partial charge in [0.05, 0.1) is 6.61 Å². The number of pyridine rings is 1. The first-order valence-electron chi connectivity index (χ1n) is 9.71. The van der Waals surface area contributed by atoms with Crippen LogP contribution in [0.3, 0.4) is 0 Å². The summed E-state index contributed by atoms with van der Waals surface area (Å²) in [5.41, 5.74) is 4.45. The third-order valence-corrected chi connectivity index (χ3v) is 4.89. The van der Waals surface area contributed by atoms with Gasteiger partial charge >= 0.3 is 0 Å². The van der Waals surface area contributed by atoms with Crippen molar-refractivity contribution in [3.05, 3.63) is 89.2 Å². The number of aromatic amines is 1. The molecule has 0 aliphatic heterocycles. The maximum atomic E-state index is 11.1. The Bertz CT molecular complexity index is 1100. The summed E-state index contributed by atoms with van der Waals surface area (Å²) in [7, 11) is 0. The number of aryl methyl sites for hydroxylation is 1. The first-order valence-corrected chi connectivity index (χ1v) is 9.71. The summed E-state index contributed by atoms with van der Waals surface area (Å²) in [6.45, 7) is 4.88. The molecule has 5 nitrogen and oxygen atoms in total. The number of para-hydroxylation sites is 1. The van der Waals surface area contributed by atoms with E-state index >= 15 is 0 Å². The third kappa shape index (κ3) is 3.96. The lowest BCUT2D eigenvalue weighted by molar-refractivity contribution is 0.208. The SMILES string of the molecule is CCOc1c(OCc2ccc(C)cc2)cccc1C(O)c1c[nH]c2ncccc12. The molecule has 2 aromatic carbocycles. The lowest BCUT2D eigenvalue weighted by Gasteiger charge is -2.19. The molecule has 0 bridgehead atoms. The Morgan fingerprint density at radius 2 is 1.83 bits per heavy atom. The zero-order valence-corrected chi connectivity index (χ0v) is 16.6. The van der Waals surface area contributed by atoms with E-state index in [1.165, 1.54) is 5.56 Å². The molecule has 0 amide bonds. The van der Waals surface area contributed by atoms with Gasteiger partial charge in [-0.2, -0.15) is 0 Å². The van der Waals surface area contributed by atoms with Gasteiger partial charge in [-0.25, -0.2) is 4.98 Å². The van der Waals surface area contributed by atoms with Gasteiger partial charge in [0.2, 0.25) is 0 Å². The van der Waals surface area contributed by atoms with Crippen LogP contribution in [0.4, 0.5) is 0 Å². The van der Waals surface area contributed by atoms with Crippen molar-refractivity contribution in [3.63, 3.8) is 0 Å². The van der Waals surface area contributed by atoms with Gasteiger partial charge in [0, 0.05) is 28.9 Å². The summed E-state index contributed by atoms with van der Waals surface area (Å²) in [6, 6.07) is 17.6. The topological polar surface area (TPSA) is 67.4 Å². The van der Waals surface area contributed by atoms with Gasteiger partial charge in [-0.1, -0.05) is 42.0 Å². The number of rotatable bonds is 7. The summed E-state index contributed by atoms with van der Waals surface area (Å²) in [5, 5.41) is 12.0. The molecule has 4 rings (SSSR count). The molecule has 5 heteroatoms. The number of aliphatic hydroxyl groups excluding tert-OH is 1. The highest BCUT2D eigenvalue weighted by Crippen LogP contribution is 2.39. The molecule has 2 aromatic heterocycles. The molecule has 29 heavy (non-hydrogen) atoms. The summed E-state index contributed by atoms with van der Waals surface area (Å²) in [4.78, 5) is 7.41. The van der Waals surface area contributed by atoms with E-state index in [4.69, 9.17) is 9.47 Å². The van der Waals surface area contributed by atoms with Crippen molar-refractivity contribution in [2.75, 3.05) is 6.61 Å². The van der Waals surface area contributed by atoms with Crippen LogP contribution in [0.15, 0.2) is 67.0 Å². The predicted octanol–water partition coefficient (Wildman–Crippen LogP) is 4.93. The van der Waals surface area contributed by atoms with Gasteiger partial charge in [0.25, 0.3) is 0 Å². The van der Waals surface area contributed by atoms with Crippen molar-refractivity contribution < 1.29 is 14.6 Å². The molecule has 2 N–H and O–H groups in total. The Balaban J connectivity index is 1.66. The van der Waals surface area contributed by atoms with Gasteiger partial charge in [-0.3, -0.25) is 0 Å². The summed E-state index contributed by atoms with van der Waals surface area (Å²) in [5.74, 6) is 1.18. The molecule has 1 atom stereocenters. The van der Waals surface area contributed by atoms with Crippen LogP contribution in [-0.2, 0) is 6.61 Å². The summed E-state index contributed by atoms with van der Waals surface area (Å²) in [6.07, 6.45) is 2.65. The molecule has 0 aliphatic rings. The number of H-pyrrole nitrogens is 1. The smallest absolute Gasteiger partial charge is 0.167 e. The van der Waals surface area contributed by atoms with Crippen molar-refractivity contribution >= 4 is 11.0 Å². The third-order valence-electron chi connectivity index (χ3n) is 4.89. The zero-order chi connectivity index (χ0) is 20.2. The van der Waals surface area contributed by atoms with Crippen molar-refractivity contribution in [2.24, 2.45) is 0 Å². The van der Waals surface area contributed by atoms with E-state index in [1.807, 2.05) is 49.4 Å². The average molecular weight is 388 g/mol. The van der Waals surface area contributed by atoms with Crippen LogP contribution < -0.4 is 9.47 Å². The fraction of sp³-hybridized carbons (Fsp3) is 0.208. The Labute approximate surface area is 170 Å². The van der Waals surface area contributed by atoms with Gasteiger partial charge in [0.15, 0.2) is 11.5 Å². The second kappa shape index (κ2) is 8.37. The van der Waals surface area contributed by atoms with Gasteiger partial charge in [-0.05, 0) is 37.6 Å². The van der Waals surface area contributed by atoms with E-state index < -0.39 is 6.10 Å². The molecule has 0 saturated carbocycles. The largest absolute Gasteiger partial charge is 0.490 e. The first kappa shape index (κ1) is 19.0. The van der Waals surface area contributed by atoms with Crippen LogP contribution in [0, 0.1) is 6.92 Å². The van der Waals surface area contributed by atoms with Crippen LogP contribution >= 0.6 is 0 Å². The van der Waals surface area contributed by atoms with Crippen LogP contribution in [-0.4, -0.2) is 21.7 Å². The number of nitrogens with one attached hydrogen (secondary N) is 1. The molecule has 4 aromatic rings. The maximum Gasteiger partial charge on any atom is 0.167 e. The van der Waals surface area contributed by atoms with E-state index in [0.717, 1.165) is 22.2 Å². The number of benzene rings is 2. The van der Waals surface area contributed by atoms with Gasteiger partial charge in [0.1, 0.15) is 18.4 Å². The molecular formula is C24H24N2O3. The number of nitrogens with zero attached hydrogens (tertiary/aromatic N) is 1. The van der Waals surface area contributed by atoms with E-state index in [9.17, 15) is 5.11 Å². The number of hydrogen-bond donors (Lipinski definition) is 2. The number of hydrogen-bond acceptors (Lipinski definition) is 4. The number of ether oxygens (including phenoxy) is 2. The molecule has 0 radical (unpaired) electrons. The lowest BCUT2D eigenvalue weighted by Crippen LogP contribution is -2.06. The Morgan fingerprint density at radius 3 is 2.62 bits per heavy atom. The fourth-order valence-corrected chi connectivity index (χ4v) is 3.38. The van der Waals surface area contributed by atoms with Crippen LogP contribution in [0.2, 0.25) is 0 Å². The minimum Gasteiger partial charge on any atom is -0.490 e. The first-order chi connectivity index (χ1) is 14.2. The number of aromatic nitrogens is 2. The quantitative estimate of drug-likeness (QED) is 0.471. The van der Waals surface area contributed by atoms with Crippen molar-refractivity contribution in [1.82, 2.24) is 9.97 Å². The van der Waals surface area contributed by atoms with Gasteiger partial charge < -0.3 is 19.6 Å². The van der Waals surface area contributed by atoms with Gasteiger partial charge in [-0.15, -0.1) is 0 Å². The second-order valence-corrected chi connectivity index (χ2v) is 6.93. The van der Waals surface area contributed by atoms with Crippen molar-refractivity contribution in [3.8, 4) is 11.5 Å². The molecule has 0 spiro atoms. The zero-order valence-electron chi connectivity index (χ0n) is 16.6. The van der Waals surface area contributed by atoms with Crippen molar-refractivity contribution in [2.45, 2.75) is 26.6 Å². The van der Waals surface area contributed by atoms with Crippen LogP contribution in [0.5, 0.6) is 11.5 Å². The van der Waals surface area contributed by atoms with Crippen molar-refractivity contribution in [1.29, 1.82) is 0 Å². The highest BCUT2D eigenvalue weighted by molar-refractivity contribution is 5.80. The normalized spacial score (nSPS) is 12.1. The highest BCUT2D eigenvalue weighted by Gasteiger charge is 2.22. The minimum atomic E-state index is -0.863. The summed E-state index contributed by atoms with van der Waals surface area (Å²) >= 11 is 0. The Kier molecular flexibility index (Phi) is 5.49. The van der Waals surface area contributed by atoms with E-state index in [0.29, 0.717) is 30.3 Å². The molecule has 1 unspecified atom stereocenters. The average Bonchev–Trinajstić information content (AvgIpc) is 3.18. The Hall–Kier alpha value is -3.31. The fourth-order valence-electron chi connectivity index (χ4n) is 3.38. The second-order valence-electron chi connectivity index (χ2n) is 6.93. The molecule has 0 aliphatic carbocycles. The monoisotopic (exact) mass is 388 g/mol. The van der Waals surface area contributed by atoms with E-state index in [1.54, 1.807) is 12.4 Å². The van der Waals surface area contributed by atoms with E-state index in [2.05, 4.69) is 29.0 Å². The van der Waals surface area contributed by atoms with Crippen LogP contribution in [0.1, 0.15) is 35.3 Å². The Morgan fingerprint density at radius 1 is 1.00 bits per heavy atom. The summed E-state index contributed by atoms with van der Waals surface area (Å²) < 4.78 is 12.0. The molecule has 2 heterocycles. The number of aliphatic hydroxyl groups is 1. The molecule has 0 fully saturated rings. The van der Waals surface area contributed by atoms with E-state index in [-0.39, 0.29) is 0 Å². The minimum absolute atomic E-state index is 0.427. The highest BCUT2D eigenvalue weighted by atomic mass is 16.5. The standard InChI is InChI=1S/C24H24N2O3/c1-3-28-23-19(22(27)20-14-26-24-18(20)7-5-13-25-24)6-4-8-21(23)29-15-17-11-9-16(2)10-12-17/h4-14,22,27H,3,15H2,1-2H3,(H,25,26).